The molecule has 0 aliphatic carbocycles. The molecule has 1 aromatic heterocycles. The summed E-state index contributed by atoms with van der Waals surface area (Å²) >= 11 is 0. The van der Waals surface area contributed by atoms with Gasteiger partial charge in [-0.25, -0.2) is 0 Å². The average Bonchev–Trinajstić information content (AvgIpc) is 2.85. The fourth-order valence-electron chi connectivity index (χ4n) is 2.12. The third kappa shape index (κ3) is 5.21. The molecule has 0 unspecified atom stereocenters. The minimum absolute atomic E-state index is 0.501. The van der Waals surface area contributed by atoms with Gasteiger partial charge >= 0.3 is 0 Å². The van der Waals surface area contributed by atoms with E-state index in [1.165, 1.54) is 37.8 Å². The number of nitrogens with zero attached hydrogens (tertiary/aromatic N) is 2. The second-order valence-electron chi connectivity index (χ2n) is 5.12. The standard InChI is InChI=1S/C15H29N3/c1-4-6-7-8-9-11-16-13-15-10-12-17-18(15)14(3)5-2/h10,12,14,16H,4-9,11,13H2,1-3H3/t14-/m0/s1. The summed E-state index contributed by atoms with van der Waals surface area (Å²) in [7, 11) is 0. The van der Waals surface area contributed by atoms with Gasteiger partial charge in [-0.1, -0.05) is 39.5 Å². The zero-order chi connectivity index (χ0) is 13.2. The lowest BCUT2D eigenvalue weighted by Crippen LogP contribution is -2.19. The minimum Gasteiger partial charge on any atom is -0.311 e. The summed E-state index contributed by atoms with van der Waals surface area (Å²) in [5.41, 5.74) is 1.30. The van der Waals surface area contributed by atoms with Crippen molar-refractivity contribution in [3.05, 3.63) is 18.0 Å². The van der Waals surface area contributed by atoms with Gasteiger partial charge in [-0.05, 0) is 32.4 Å². The van der Waals surface area contributed by atoms with Gasteiger partial charge in [0.25, 0.3) is 0 Å². The lowest BCUT2D eigenvalue weighted by Gasteiger charge is -2.14. The third-order valence-corrected chi connectivity index (χ3v) is 3.52. The predicted octanol–water partition coefficient (Wildman–Crippen LogP) is 3.91. The highest BCUT2D eigenvalue weighted by Gasteiger charge is 2.07. The van der Waals surface area contributed by atoms with E-state index in [1.54, 1.807) is 0 Å². The lowest BCUT2D eigenvalue weighted by atomic mass is 10.1. The van der Waals surface area contributed by atoms with Gasteiger partial charge in [0.05, 0.1) is 5.69 Å². The summed E-state index contributed by atoms with van der Waals surface area (Å²) in [6.07, 6.45) is 9.75. The summed E-state index contributed by atoms with van der Waals surface area (Å²) in [6, 6.07) is 2.62. The van der Waals surface area contributed by atoms with Gasteiger partial charge in [0, 0.05) is 18.8 Å². The Morgan fingerprint density at radius 2 is 2.00 bits per heavy atom. The van der Waals surface area contributed by atoms with Crippen LogP contribution in [0.5, 0.6) is 0 Å². The Balaban J connectivity index is 2.17. The highest BCUT2D eigenvalue weighted by Crippen LogP contribution is 2.12. The Bertz CT molecular complexity index is 306. The number of hydrogen-bond acceptors (Lipinski definition) is 2. The van der Waals surface area contributed by atoms with Crippen molar-refractivity contribution in [2.24, 2.45) is 0 Å². The van der Waals surface area contributed by atoms with E-state index in [0.717, 1.165) is 19.5 Å². The number of aromatic nitrogens is 2. The van der Waals surface area contributed by atoms with Crippen molar-refractivity contribution in [3.63, 3.8) is 0 Å². The molecule has 104 valence electrons. The highest BCUT2D eigenvalue weighted by molar-refractivity contribution is 5.01. The molecular weight excluding hydrogens is 222 g/mol. The summed E-state index contributed by atoms with van der Waals surface area (Å²) in [6.45, 7) is 8.75. The van der Waals surface area contributed by atoms with E-state index >= 15 is 0 Å². The first-order valence-corrected chi connectivity index (χ1v) is 7.52. The Morgan fingerprint density at radius 3 is 2.72 bits per heavy atom. The van der Waals surface area contributed by atoms with Gasteiger partial charge in [-0.15, -0.1) is 0 Å². The number of hydrogen-bond donors (Lipinski definition) is 1. The van der Waals surface area contributed by atoms with Crippen molar-refractivity contribution in [1.82, 2.24) is 15.1 Å². The molecule has 0 spiro atoms. The first-order chi connectivity index (χ1) is 8.79. The van der Waals surface area contributed by atoms with Crippen LogP contribution in [0.3, 0.4) is 0 Å². The molecule has 0 saturated heterocycles. The molecule has 0 saturated carbocycles. The largest absolute Gasteiger partial charge is 0.311 e. The first-order valence-electron chi connectivity index (χ1n) is 7.52. The van der Waals surface area contributed by atoms with Gasteiger partial charge in [0.1, 0.15) is 0 Å². The number of nitrogens with one attached hydrogen (secondary N) is 1. The summed E-state index contributed by atoms with van der Waals surface area (Å²) in [4.78, 5) is 0. The number of unbranched alkanes of at least 4 members (excludes halogenated alkanes) is 4. The summed E-state index contributed by atoms with van der Waals surface area (Å²) < 4.78 is 2.14. The van der Waals surface area contributed by atoms with E-state index < -0.39 is 0 Å². The van der Waals surface area contributed by atoms with Crippen molar-refractivity contribution in [3.8, 4) is 0 Å². The van der Waals surface area contributed by atoms with Gasteiger partial charge < -0.3 is 5.32 Å². The maximum Gasteiger partial charge on any atom is 0.0525 e. The van der Waals surface area contributed by atoms with Crippen LogP contribution in [-0.2, 0) is 6.54 Å². The van der Waals surface area contributed by atoms with Gasteiger partial charge in [0.15, 0.2) is 0 Å². The molecule has 3 nitrogen and oxygen atoms in total. The highest BCUT2D eigenvalue weighted by atomic mass is 15.3. The Labute approximate surface area is 112 Å². The van der Waals surface area contributed by atoms with E-state index in [2.05, 4.69) is 41.9 Å². The number of rotatable bonds is 10. The zero-order valence-electron chi connectivity index (χ0n) is 12.3. The maximum absolute atomic E-state index is 4.40. The third-order valence-electron chi connectivity index (χ3n) is 3.52. The second kappa shape index (κ2) is 9.15. The average molecular weight is 251 g/mol. The molecule has 1 aromatic rings. The molecule has 0 aliphatic heterocycles. The Hall–Kier alpha value is -0.830. The molecule has 18 heavy (non-hydrogen) atoms. The van der Waals surface area contributed by atoms with Crippen molar-refractivity contribution < 1.29 is 0 Å². The van der Waals surface area contributed by atoms with E-state index in [9.17, 15) is 0 Å². The van der Waals surface area contributed by atoms with Crippen molar-refractivity contribution in [1.29, 1.82) is 0 Å². The molecule has 3 heteroatoms. The SMILES string of the molecule is CCCCCCCNCc1ccnn1[C@@H](C)CC. The molecule has 1 rings (SSSR count). The van der Waals surface area contributed by atoms with Crippen LogP contribution in [0.4, 0.5) is 0 Å². The molecule has 0 radical (unpaired) electrons. The van der Waals surface area contributed by atoms with Crippen LogP contribution in [0.1, 0.15) is 71.0 Å². The van der Waals surface area contributed by atoms with Crippen LogP contribution in [0, 0.1) is 0 Å². The van der Waals surface area contributed by atoms with Crippen molar-refractivity contribution >= 4 is 0 Å². The van der Waals surface area contributed by atoms with Crippen LogP contribution < -0.4 is 5.32 Å². The van der Waals surface area contributed by atoms with E-state index in [1.807, 2.05) is 6.20 Å². The van der Waals surface area contributed by atoms with Crippen LogP contribution in [-0.4, -0.2) is 16.3 Å². The molecule has 0 aliphatic rings. The first kappa shape index (κ1) is 15.2. The lowest BCUT2D eigenvalue weighted by molar-refractivity contribution is 0.450. The Kier molecular flexibility index (Phi) is 7.74. The normalized spacial score (nSPS) is 12.8. The fraction of sp³-hybridized carbons (Fsp3) is 0.800. The van der Waals surface area contributed by atoms with E-state index in [4.69, 9.17) is 0 Å². The van der Waals surface area contributed by atoms with Crippen LogP contribution in [0.25, 0.3) is 0 Å². The molecule has 0 bridgehead atoms. The summed E-state index contributed by atoms with van der Waals surface area (Å²) in [5, 5.41) is 7.93. The maximum atomic E-state index is 4.40. The fourth-order valence-corrected chi connectivity index (χ4v) is 2.12. The molecule has 1 N–H and O–H groups in total. The molecule has 0 amide bonds. The molecule has 0 fully saturated rings. The van der Waals surface area contributed by atoms with Crippen molar-refractivity contribution in [2.45, 2.75) is 71.9 Å². The molecule has 0 aromatic carbocycles. The van der Waals surface area contributed by atoms with Crippen LogP contribution in [0.15, 0.2) is 12.3 Å². The van der Waals surface area contributed by atoms with Gasteiger partial charge in [-0.2, -0.15) is 5.10 Å². The quantitative estimate of drug-likeness (QED) is 0.639. The Morgan fingerprint density at radius 1 is 1.22 bits per heavy atom. The molecular formula is C15H29N3. The molecule has 1 heterocycles. The second-order valence-corrected chi connectivity index (χ2v) is 5.12. The van der Waals surface area contributed by atoms with Gasteiger partial charge in [-0.3, -0.25) is 4.68 Å². The van der Waals surface area contributed by atoms with Gasteiger partial charge in [0.2, 0.25) is 0 Å². The minimum atomic E-state index is 0.501. The smallest absolute Gasteiger partial charge is 0.0525 e. The molecule has 1 atom stereocenters. The predicted molar refractivity (Wildman–Crippen MR) is 77.7 cm³/mol. The summed E-state index contributed by atoms with van der Waals surface area (Å²) in [5.74, 6) is 0. The monoisotopic (exact) mass is 251 g/mol. The van der Waals surface area contributed by atoms with E-state index in [-0.39, 0.29) is 0 Å². The van der Waals surface area contributed by atoms with Crippen LogP contribution in [0.2, 0.25) is 0 Å². The topological polar surface area (TPSA) is 29.9 Å². The van der Waals surface area contributed by atoms with E-state index in [0.29, 0.717) is 6.04 Å². The van der Waals surface area contributed by atoms with Crippen LogP contribution >= 0.6 is 0 Å². The van der Waals surface area contributed by atoms with Crippen molar-refractivity contribution in [2.75, 3.05) is 6.54 Å². The zero-order valence-corrected chi connectivity index (χ0v) is 12.3.